The van der Waals surface area contributed by atoms with Gasteiger partial charge in [0, 0.05) is 6.42 Å². The molecule has 0 aromatic carbocycles. The van der Waals surface area contributed by atoms with Crippen LogP contribution < -0.4 is 0 Å². The maximum atomic E-state index is 10.1. The minimum absolute atomic E-state index is 0.299. The highest BCUT2D eigenvalue weighted by Crippen LogP contribution is 2.09. The zero-order valence-corrected chi connectivity index (χ0v) is 3.76. The summed E-state index contributed by atoms with van der Waals surface area (Å²) in [6, 6.07) is 0. The van der Waals surface area contributed by atoms with E-state index in [0.29, 0.717) is 12.8 Å². The van der Waals surface area contributed by atoms with Gasteiger partial charge in [-0.25, -0.2) is 0 Å². The van der Waals surface area contributed by atoms with Crippen molar-refractivity contribution in [3.05, 3.63) is 0 Å². The van der Waals surface area contributed by atoms with E-state index in [-0.39, 0.29) is 5.97 Å². The molecule has 0 radical (unpaired) electrons. The SMILES string of the molecule is O=C1CC[C@H](O)O1. The van der Waals surface area contributed by atoms with E-state index in [1.54, 1.807) is 0 Å². The van der Waals surface area contributed by atoms with Crippen LogP contribution in [0.25, 0.3) is 0 Å². The summed E-state index contributed by atoms with van der Waals surface area (Å²) in [6.45, 7) is 0. The normalized spacial score (nSPS) is 30.4. The molecule has 1 fully saturated rings. The Morgan fingerprint density at radius 1 is 1.86 bits per heavy atom. The molecule has 3 nitrogen and oxygen atoms in total. The number of hydrogen-bond donors (Lipinski definition) is 1. The Kier molecular flexibility index (Phi) is 0.982. The third-order valence-electron chi connectivity index (χ3n) is 0.863. The van der Waals surface area contributed by atoms with E-state index in [1.165, 1.54) is 0 Å². The van der Waals surface area contributed by atoms with Gasteiger partial charge in [0.05, 0.1) is 6.42 Å². The molecule has 1 aliphatic rings. The van der Waals surface area contributed by atoms with Crippen molar-refractivity contribution in [3.8, 4) is 0 Å². The van der Waals surface area contributed by atoms with E-state index in [4.69, 9.17) is 5.11 Å². The molecule has 1 atom stereocenters. The van der Waals surface area contributed by atoms with Crippen molar-refractivity contribution in [2.24, 2.45) is 0 Å². The van der Waals surface area contributed by atoms with Gasteiger partial charge in [-0.2, -0.15) is 0 Å². The highest BCUT2D eigenvalue weighted by Gasteiger charge is 2.19. The van der Waals surface area contributed by atoms with Crippen LogP contribution in [-0.2, 0) is 9.53 Å². The van der Waals surface area contributed by atoms with Crippen LogP contribution in [0.5, 0.6) is 0 Å². The lowest BCUT2D eigenvalue weighted by Gasteiger charge is -1.94. The zero-order valence-electron chi connectivity index (χ0n) is 3.76. The lowest BCUT2D eigenvalue weighted by Crippen LogP contribution is -2.03. The van der Waals surface area contributed by atoms with Crippen molar-refractivity contribution in [2.75, 3.05) is 0 Å². The molecular formula is C4H6O3. The minimum Gasteiger partial charge on any atom is -0.436 e. The van der Waals surface area contributed by atoms with Crippen LogP contribution >= 0.6 is 0 Å². The van der Waals surface area contributed by atoms with Crippen LogP contribution in [0.3, 0.4) is 0 Å². The fourth-order valence-corrected chi connectivity index (χ4v) is 0.511. The Hall–Kier alpha value is -0.570. The molecule has 1 heterocycles. The minimum atomic E-state index is -0.826. The fraction of sp³-hybridized carbons (Fsp3) is 0.750. The van der Waals surface area contributed by atoms with Crippen LogP contribution in [0.1, 0.15) is 12.8 Å². The number of esters is 1. The molecule has 0 aromatic heterocycles. The van der Waals surface area contributed by atoms with Gasteiger partial charge in [0.15, 0.2) is 0 Å². The molecule has 40 valence electrons. The molecule has 0 aromatic rings. The van der Waals surface area contributed by atoms with E-state index in [0.717, 1.165) is 0 Å². The molecule has 0 unspecified atom stereocenters. The van der Waals surface area contributed by atoms with Crippen molar-refractivity contribution in [3.63, 3.8) is 0 Å². The smallest absolute Gasteiger partial charge is 0.308 e. The Bertz CT molecular complexity index is 88.9. The summed E-state index contributed by atoms with van der Waals surface area (Å²) in [5.74, 6) is -0.299. The second kappa shape index (κ2) is 1.50. The first kappa shape index (κ1) is 4.59. The highest BCUT2D eigenvalue weighted by atomic mass is 16.6. The van der Waals surface area contributed by atoms with Gasteiger partial charge >= 0.3 is 5.97 Å². The first-order valence-corrected chi connectivity index (χ1v) is 2.16. The van der Waals surface area contributed by atoms with Crippen molar-refractivity contribution >= 4 is 5.97 Å². The summed E-state index contributed by atoms with van der Waals surface area (Å²) >= 11 is 0. The van der Waals surface area contributed by atoms with Crippen LogP contribution in [0.15, 0.2) is 0 Å². The number of ether oxygens (including phenoxy) is 1. The molecule has 0 spiro atoms. The van der Waals surface area contributed by atoms with Crippen molar-refractivity contribution in [1.29, 1.82) is 0 Å². The first-order chi connectivity index (χ1) is 3.29. The number of rotatable bonds is 0. The number of carbonyl (C=O) groups is 1. The summed E-state index contributed by atoms with van der Waals surface area (Å²) in [5, 5.41) is 8.46. The van der Waals surface area contributed by atoms with Gasteiger partial charge in [0.2, 0.25) is 6.29 Å². The number of aliphatic hydroxyl groups is 1. The molecule has 1 saturated heterocycles. The third-order valence-corrected chi connectivity index (χ3v) is 0.863. The predicted octanol–water partition coefficient (Wildman–Crippen LogP) is -0.358. The van der Waals surface area contributed by atoms with Crippen LogP contribution in [-0.4, -0.2) is 17.4 Å². The van der Waals surface area contributed by atoms with Crippen molar-refractivity contribution in [1.82, 2.24) is 0 Å². The monoisotopic (exact) mass is 102 g/mol. The Morgan fingerprint density at radius 2 is 2.57 bits per heavy atom. The van der Waals surface area contributed by atoms with E-state index in [1.807, 2.05) is 0 Å². The van der Waals surface area contributed by atoms with Crippen LogP contribution in [0, 0.1) is 0 Å². The van der Waals surface area contributed by atoms with Gasteiger partial charge in [0.1, 0.15) is 0 Å². The van der Waals surface area contributed by atoms with E-state index in [9.17, 15) is 4.79 Å². The molecule has 0 aliphatic carbocycles. The number of cyclic esters (lactones) is 1. The summed E-state index contributed by atoms with van der Waals surface area (Å²) in [7, 11) is 0. The first-order valence-electron chi connectivity index (χ1n) is 2.16. The maximum Gasteiger partial charge on any atom is 0.308 e. The zero-order chi connectivity index (χ0) is 5.28. The van der Waals surface area contributed by atoms with E-state index >= 15 is 0 Å². The van der Waals surface area contributed by atoms with Crippen LogP contribution in [0.4, 0.5) is 0 Å². The Balaban J connectivity index is 2.40. The third kappa shape index (κ3) is 0.899. The standard InChI is InChI=1S/C4H6O3/c5-3-1-2-4(6)7-3/h3,5H,1-2H2/t3-/m1/s1. The Labute approximate surface area is 40.9 Å². The molecule has 1 aliphatic heterocycles. The number of carbonyl (C=O) groups excluding carboxylic acids is 1. The quantitative estimate of drug-likeness (QED) is 0.425. The largest absolute Gasteiger partial charge is 0.436 e. The second-order valence-corrected chi connectivity index (χ2v) is 1.48. The number of aliphatic hydroxyl groups excluding tert-OH is 1. The summed E-state index contributed by atoms with van der Waals surface area (Å²) < 4.78 is 4.28. The second-order valence-electron chi connectivity index (χ2n) is 1.48. The molecule has 1 rings (SSSR count). The molecule has 0 saturated carbocycles. The summed E-state index contributed by atoms with van der Waals surface area (Å²) in [6.07, 6.45) is -0.00694. The van der Waals surface area contributed by atoms with Gasteiger partial charge in [-0.15, -0.1) is 0 Å². The molecule has 0 bridgehead atoms. The average molecular weight is 102 g/mol. The fourth-order valence-electron chi connectivity index (χ4n) is 0.511. The van der Waals surface area contributed by atoms with Gasteiger partial charge < -0.3 is 9.84 Å². The summed E-state index contributed by atoms with van der Waals surface area (Å²) in [4.78, 5) is 10.1. The van der Waals surface area contributed by atoms with Crippen LogP contribution in [0.2, 0.25) is 0 Å². The van der Waals surface area contributed by atoms with E-state index in [2.05, 4.69) is 4.74 Å². The molecule has 1 N–H and O–H groups in total. The summed E-state index contributed by atoms with van der Waals surface area (Å²) in [5.41, 5.74) is 0. The lowest BCUT2D eigenvalue weighted by molar-refractivity contribution is -0.153. The van der Waals surface area contributed by atoms with Gasteiger partial charge in [-0.3, -0.25) is 4.79 Å². The highest BCUT2D eigenvalue weighted by molar-refractivity contribution is 5.71. The molecular weight excluding hydrogens is 96.0 g/mol. The van der Waals surface area contributed by atoms with Gasteiger partial charge in [-0.1, -0.05) is 0 Å². The van der Waals surface area contributed by atoms with Gasteiger partial charge in [-0.05, 0) is 0 Å². The lowest BCUT2D eigenvalue weighted by atomic mass is 10.4. The predicted molar refractivity (Wildman–Crippen MR) is 21.3 cm³/mol. The Morgan fingerprint density at radius 3 is 2.71 bits per heavy atom. The topological polar surface area (TPSA) is 46.5 Å². The molecule has 3 heteroatoms. The molecule has 7 heavy (non-hydrogen) atoms. The average Bonchev–Trinajstić information content (AvgIpc) is 1.87. The van der Waals surface area contributed by atoms with Gasteiger partial charge in [0.25, 0.3) is 0 Å². The van der Waals surface area contributed by atoms with Crippen molar-refractivity contribution < 1.29 is 14.6 Å². The van der Waals surface area contributed by atoms with E-state index < -0.39 is 6.29 Å². The maximum absolute atomic E-state index is 10.1. The molecule has 0 amide bonds. The van der Waals surface area contributed by atoms with Crippen molar-refractivity contribution in [2.45, 2.75) is 19.1 Å². The number of hydrogen-bond acceptors (Lipinski definition) is 3.